The van der Waals surface area contributed by atoms with Crippen LogP contribution in [0.15, 0.2) is 60.0 Å². The van der Waals surface area contributed by atoms with E-state index in [2.05, 4.69) is 9.46 Å². The molecule has 0 aromatic heterocycles. The van der Waals surface area contributed by atoms with Gasteiger partial charge < -0.3 is 4.74 Å². The van der Waals surface area contributed by atoms with Crippen molar-refractivity contribution in [3.05, 3.63) is 71.1 Å². The number of halogens is 2. The molecule has 23 heavy (non-hydrogen) atoms. The second-order valence-electron chi connectivity index (χ2n) is 4.60. The highest BCUT2D eigenvalue weighted by Crippen LogP contribution is 2.15. The summed E-state index contributed by atoms with van der Waals surface area (Å²) in [6.07, 6.45) is 1.49. The summed E-state index contributed by atoms with van der Waals surface area (Å²) in [5.41, 5.74) is 1.40. The zero-order valence-corrected chi connectivity index (χ0v) is 12.8. The molecule has 0 aliphatic carbocycles. The number of hydrogen-bond acceptors (Lipinski definition) is 3. The Balaban J connectivity index is 1.92. The lowest BCUT2D eigenvalue weighted by molar-refractivity contribution is -0.0498. The van der Waals surface area contributed by atoms with Crippen LogP contribution in [0.25, 0.3) is 6.08 Å². The third-order valence-electron chi connectivity index (χ3n) is 2.87. The van der Waals surface area contributed by atoms with E-state index in [4.69, 9.17) is 0 Å². The molecule has 0 aliphatic heterocycles. The van der Waals surface area contributed by atoms with E-state index in [-0.39, 0.29) is 12.3 Å². The number of benzene rings is 2. The summed E-state index contributed by atoms with van der Waals surface area (Å²) in [7, 11) is -3.59. The molecule has 0 heterocycles. The smallest absolute Gasteiger partial charge is 0.387 e. The summed E-state index contributed by atoms with van der Waals surface area (Å²) in [5.74, 6) is 0.0237. The van der Waals surface area contributed by atoms with Crippen LogP contribution in [0.3, 0.4) is 0 Å². The third kappa shape index (κ3) is 6.17. The van der Waals surface area contributed by atoms with E-state index < -0.39 is 16.6 Å². The molecule has 0 radical (unpaired) electrons. The molecule has 0 saturated heterocycles. The Kier molecular flexibility index (Phi) is 5.84. The lowest BCUT2D eigenvalue weighted by atomic mass is 10.2. The number of ether oxygens (including phenoxy) is 1. The van der Waals surface area contributed by atoms with Crippen molar-refractivity contribution in [3.63, 3.8) is 0 Å². The Morgan fingerprint density at radius 3 is 2.30 bits per heavy atom. The van der Waals surface area contributed by atoms with Crippen molar-refractivity contribution in [2.45, 2.75) is 13.2 Å². The van der Waals surface area contributed by atoms with Gasteiger partial charge in [0.2, 0.25) is 10.0 Å². The van der Waals surface area contributed by atoms with Gasteiger partial charge in [0.25, 0.3) is 0 Å². The Morgan fingerprint density at radius 2 is 1.70 bits per heavy atom. The maximum Gasteiger partial charge on any atom is 0.387 e. The number of hydrogen-bond donors (Lipinski definition) is 1. The first-order valence-corrected chi connectivity index (χ1v) is 8.26. The van der Waals surface area contributed by atoms with E-state index in [0.717, 1.165) is 11.0 Å². The van der Waals surface area contributed by atoms with Crippen molar-refractivity contribution in [3.8, 4) is 5.75 Å². The summed E-state index contributed by atoms with van der Waals surface area (Å²) in [6, 6.07) is 14.8. The Labute approximate surface area is 133 Å². The molecule has 122 valence electrons. The molecule has 2 aromatic rings. The molecule has 4 nitrogen and oxygen atoms in total. The first kappa shape index (κ1) is 17.1. The highest BCUT2D eigenvalue weighted by atomic mass is 32.2. The summed E-state index contributed by atoms with van der Waals surface area (Å²) >= 11 is 0. The number of sulfonamides is 1. The molecular formula is C16H15F2NO3S. The van der Waals surface area contributed by atoms with Gasteiger partial charge in [-0.25, -0.2) is 13.1 Å². The van der Waals surface area contributed by atoms with Crippen LogP contribution >= 0.6 is 0 Å². The van der Waals surface area contributed by atoms with Crippen molar-refractivity contribution in [1.29, 1.82) is 0 Å². The van der Waals surface area contributed by atoms with Gasteiger partial charge in [-0.2, -0.15) is 8.78 Å². The van der Waals surface area contributed by atoms with Crippen LogP contribution < -0.4 is 9.46 Å². The fraction of sp³-hybridized carbons (Fsp3) is 0.125. The van der Waals surface area contributed by atoms with Gasteiger partial charge in [-0.3, -0.25) is 0 Å². The van der Waals surface area contributed by atoms with Crippen molar-refractivity contribution in [2.24, 2.45) is 0 Å². The normalized spacial score (nSPS) is 12.0. The molecule has 0 spiro atoms. The van der Waals surface area contributed by atoms with Gasteiger partial charge in [-0.15, -0.1) is 0 Å². The van der Waals surface area contributed by atoms with E-state index in [1.807, 2.05) is 18.2 Å². The highest BCUT2D eigenvalue weighted by Gasteiger charge is 2.06. The molecule has 2 rings (SSSR count). The minimum Gasteiger partial charge on any atom is -0.435 e. The van der Waals surface area contributed by atoms with Crippen LogP contribution in [0.2, 0.25) is 0 Å². The SMILES string of the molecule is O=S(=O)(/C=C/c1ccccc1)NCc1ccc(OC(F)F)cc1. The minimum absolute atomic E-state index is 0.0237. The van der Waals surface area contributed by atoms with E-state index in [1.165, 1.54) is 30.3 Å². The highest BCUT2D eigenvalue weighted by molar-refractivity contribution is 7.92. The zero-order chi connectivity index (χ0) is 16.7. The molecule has 1 N–H and O–H groups in total. The fourth-order valence-electron chi connectivity index (χ4n) is 1.75. The topological polar surface area (TPSA) is 55.4 Å². The number of alkyl halides is 2. The van der Waals surface area contributed by atoms with Crippen molar-refractivity contribution in [2.75, 3.05) is 0 Å². The Morgan fingerprint density at radius 1 is 1.04 bits per heavy atom. The van der Waals surface area contributed by atoms with Crippen LogP contribution in [0, 0.1) is 0 Å². The zero-order valence-electron chi connectivity index (χ0n) is 12.0. The van der Waals surface area contributed by atoms with Gasteiger partial charge in [0.15, 0.2) is 0 Å². The van der Waals surface area contributed by atoms with Gasteiger partial charge in [-0.1, -0.05) is 42.5 Å². The van der Waals surface area contributed by atoms with E-state index >= 15 is 0 Å². The summed E-state index contributed by atoms with van der Waals surface area (Å²) in [4.78, 5) is 0. The first-order valence-electron chi connectivity index (χ1n) is 6.71. The van der Waals surface area contributed by atoms with Gasteiger partial charge in [0.1, 0.15) is 5.75 Å². The maximum atomic E-state index is 12.0. The number of rotatable bonds is 7. The lowest BCUT2D eigenvalue weighted by Gasteiger charge is -2.06. The molecule has 0 saturated carbocycles. The maximum absolute atomic E-state index is 12.0. The van der Waals surface area contributed by atoms with Crippen molar-refractivity contribution < 1.29 is 21.9 Å². The third-order valence-corrected chi connectivity index (χ3v) is 3.91. The molecule has 0 atom stereocenters. The van der Waals surface area contributed by atoms with Gasteiger partial charge >= 0.3 is 6.61 Å². The lowest BCUT2D eigenvalue weighted by Crippen LogP contribution is -2.20. The van der Waals surface area contributed by atoms with Crippen LogP contribution in [-0.4, -0.2) is 15.0 Å². The number of nitrogens with one attached hydrogen (secondary N) is 1. The molecule has 0 fully saturated rings. The van der Waals surface area contributed by atoms with E-state index in [0.29, 0.717) is 5.56 Å². The van der Waals surface area contributed by atoms with Crippen LogP contribution in [0.4, 0.5) is 8.78 Å². The predicted molar refractivity (Wildman–Crippen MR) is 84.3 cm³/mol. The average Bonchev–Trinajstić information content (AvgIpc) is 2.53. The molecule has 2 aromatic carbocycles. The van der Waals surface area contributed by atoms with E-state index in [9.17, 15) is 17.2 Å². The minimum atomic E-state index is -3.59. The van der Waals surface area contributed by atoms with Crippen LogP contribution in [0.5, 0.6) is 5.75 Å². The van der Waals surface area contributed by atoms with Gasteiger partial charge in [-0.05, 0) is 29.3 Å². The van der Waals surface area contributed by atoms with Crippen LogP contribution in [-0.2, 0) is 16.6 Å². The summed E-state index contributed by atoms with van der Waals surface area (Å²) in [5, 5.41) is 1.08. The van der Waals surface area contributed by atoms with Crippen molar-refractivity contribution in [1.82, 2.24) is 4.72 Å². The standard InChI is InChI=1S/C16H15F2NO3S/c17-16(18)22-15-8-6-14(7-9-15)12-19-23(20,21)11-10-13-4-2-1-3-5-13/h1-11,16,19H,12H2/b11-10+. The quantitative estimate of drug-likeness (QED) is 0.841. The predicted octanol–water partition coefficient (Wildman–Crippen LogP) is 3.38. The molecule has 0 unspecified atom stereocenters. The molecule has 0 bridgehead atoms. The van der Waals surface area contributed by atoms with Crippen molar-refractivity contribution >= 4 is 16.1 Å². The summed E-state index contributed by atoms with van der Waals surface area (Å²) < 4.78 is 54.4. The monoisotopic (exact) mass is 339 g/mol. The fourth-order valence-corrected chi connectivity index (χ4v) is 2.55. The molecular weight excluding hydrogens is 324 g/mol. The molecule has 0 amide bonds. The van der Waals surface area contributed by atoms with Gasteiger partial charge in [0, 0.05) is 12.0 Å². The average molecular weight is 339 g/mol. The van der Waals surface area contributed by atoms with Gasteiger partial charge in [0.05, 0.1) is 0 Å². The second kappa shape index (κ2) is 7.85. The largest absolute Gasteiger partial charge is 0.435 e. The molecule has 7 heteroatoms. The Hall–Kier alpha value is -2.25. The molecule has 0 aliphatic rings. The first-order chi connectivity index (χ1) is 10.9. The summed E-state index contributed by atoms with van der Waals surface area (Å²) in [6.45, 7) is -2.83. The van der Waals surface area contributed by atoms with Crippen LogP contribution in [0.1, 0.15) is 11.1 Å². The van der Waals surface area contributed by atoms with E-state index in [1.54, 1.807) is 12.1 Å². The second-order valence-corrected chi connectivity index (χ2v) is 6.25. The Bertz CT molecular complexity index is 745.